The summed E-state index contributed by atoms with van der Waals surface area (Å²) in [7, 11) is 1.71. The van der Waals surface area contributed by atoms with Crippen LogP contribution in [0.15, 0.2) is 42.5 Å². The Morgan fingerprint density at radius 1 is 1.07 bits per heavy atom. The zero-order valence-corrected chi connectivity index (χ0v) is 18.0. The van der Waals surface area contributed by atoms with Crippen LogP contribution in [0.3, 0.4) is 0 Å². The molecule has 0 amide bonds. The van der Waals surface area contributed by atoms with Gasteiger partial charge in [0, 0.05) is 11.3 Å². The number of thiocarbonyl (C=S) groups is 1. The SMILES string of the molecule is COc1ccc([C@H](CNC(=S)Nc2cc(C)ccc2C)[NH+]2CCCCC2)cc1. The van der Waals surface area contributed by atoms with Crippen molar-refractivity contribution < 1.29 is 9.64 Å². The molecule has 0 bridgehead atoms. The predicted molar refractivity (Wildman–Crippen MR) is 120 cm³/mol. The summed E-state index contributed by atoms with van der Waals surface area (Å²) in [6, 6.07) is 15.2. The van der Waals surface area contributed by atoms with Crippen molar-refractivity contribution in [1.82, 2.24) is 5.32 Å². The van der Waals surface area contributed by atoms with E-state index in [9.17, 15) is 0 Å². The van der Waals surface area contributed by atoms with Gasteiger partial charge in [-0.05, 0) is 86.8 Å². The highest BCUT2D eigenvalue weighted by Crippen LogP contribution is 2.18. The van der Waals surface area contributed by atoms with E-state index in [1.807, 2.05) is 0 Å². The molecule has 1 fully saturated rings. The lowest BCUT2D eigenvalue weighted by Crippen LogP contribution is -3.13. The van der Waals surface area contributed by atoms with Gasteiger partial charge in [0.1, 0.15) is 11.8 Å². The molecule has 0 saturated carbocycles. The van der Waals surface area contributed by atoms with Crippen LogP contribution >= 0.6 is 12.2 Å². The van der Waals surface area contributed by atoms with Crippen LogP contribution in [0.1, 0.15) is 42.0 Å². The lowest BCUT2D eigenvalue weighted by molar-refractivity contribution is -0.934. The van der Waals surface area contributed by atoms with Gasteiger partial charge in [-0.3, -0.25) is 0 Å². The van der Waals surface area contributed by atoms with Crippen LogP contribution < -0.4 is 20.3 Å². The first kappa shape index (κ1) is 20.6. The van der Waals surface area contributed by atoms with Crippen molar-refractivity contribution in [1.29, 1.82) is 0 Å². The first-order valence-corrected chi connectivity index (χ1v) is 10.6. The summed E-state index contributed by atoms with van der Waals surface area (Å²) in [6.07, 6.45) is 3.94. The lowest BCUT2D eigenvalue weighted by Gasteiger charge is -2.32. The van der Waals surface area contributed by atoms with Crippen LogP contribution in [0.2, 0.25) is 0 Å². The summed E-state index contributed by atoms with van der Waals surface area (Å²) in [5.41, 5.74) is 4.83. The van der Waals surface area contributed by atoms with Gasteiger partial charge < -0.3 is 20.3 Å². The van der Waals surface area contributed by atoms with Gasteiger partial charge in [-0.1, -0.05) is 12.1 Å². The second-order valence-electron chi connectivity index (χ2n) is 7.70. The maximum Gasteiger partial charge on any atom is 0.171 e. The number of ether oxygens (including phenoxy) is 1. The minimum atomic E-state index is 0.379. The van der Waals surface area contributed by atoms with E-state index < -0.39 is 0 Å². The van der Waals surface area contributed by atoms with Gasteiger partial charge >= 0.3 is 0 Å². The third kappa shape index (κ3) is 5.46. The maximum absolute atomic E-state index is 5.60. The second-order valence-corrected chi connectivity index (χ2v) is 8.11. The van der Waals surface area contributed by atoms with E-state index in [2.05, 4.69) is 66.9 Å². The normalized spacial score (nSPS) is 15.7. The quantitative estimate of drug-likeness (QED) is 0.652. The van der Waals surface area contributed by atoms with Crippen molar-refractivity contribution in [2.75, 3.05) is 32.1 Å². The highest BCUT2D eigenvalue weighted by atomic mass is 32.1. The number of rotatable bonds is 6. The Hall–Kier alpha value is -2.11. The highest BCUT2D eigenvalue weighted by Gasteiger charge is 2.26. The number of hydrogen-bond donors (Lipinski definition) is 3. The van der Waals surface area contributed by atoms with Gasteiger partial charge in [0.05, 0.1) is 26.7 Å². The molecule has 1 saturated heterocycles. The zero-order valence-electron chi connectivity index (χ0n) is 17.2. The van der Waals surface area contributed by atoms with Crippen LogP contribution in [0, 0.1) is 13.8 Å². The molecule has 3 N–H and O–H groups in total. The predicted octanol–water partition coefficient (Wildman–Crippen LogP) is 3.41. The number of hydrogen-bond acceptors (Lipinski definition) is 2. The van der Waals surface area contributed by atoms with Crippen molar-refractivity contribution >= 4 is 23.0 Å². The smallest absolute Gasteiger partial charge is 0.171 e. The van der Waals surface area contributed by atoms with Gasteiger partial charge in [-0.25, -0.2) is 0 Å². The van der Waals surface area contributed by atoms with Gasteiger partial charge in [0.2, 0.25) is 0 Å². The van der Waals surface area contributed by atoms with Crippen molar-refractivity contribution in [3.63, 3.8) is 0 Å². The molecule has 2 aromatic carbocycles. The molecule has 0 aromatic heterocycles. The highest BCUT2D eigenvalue weighted by molar-refractivity contribution is 7.80. The zero-order chi connectivity index (χ0) is 19.9. The van der Waals surface area contributed by atoms with Crippen molar-refractivity contribution in [3.05, 3.63) is 59.2 Å². The minimum Gasteiger partial charge on any atom is -0.497 e. The van der Waals surface area contributed by atoms with Crippen molar-refractivity contribution in [2.24, 2.45) is 0 Å². The summed E-state index contributed by atoms with van der Waals surface area (Å²) in [4.78, 5) is 1.64. The molecule has 3 rings (SSSR count). The number of quaternary nitrogens is 1. The summed E-state index contributed by atoms with van der Waals surface area (Å²) < 4.78 is 5.33. The number of methoxy groups -OCH3 is 1. The first-order valence-electron chi connectivity index (χ1n) is 10.2. The van der Waals surface area contributed by atoms with Gasteiger partial charge in [0.25, 0.3) is 0 Å². The molecule has 1 aliphatic rings. The molecule has 0 aliphatic carbocycles. The monoisotopic (exact) mass is 398 g/mol. The Bertz CT molecular complexity index is 785. The standard InChI is InChI=1S/C23H31N3OS/c1-17-7-8-18(2)21(15-17)25-23(28)24-16-22(26-13-5-4-6-14-26)19-9-11-20(27-3)12-10-19/h7-12,15,22H,4-6,13-14,16H2,1-3H3,(H2,24,25,28)/p+1/t22-/m0/s1. The van der Waals surface area contributed by atoms with Gasteiger partial charge in [-0.2, -0.15) is 0 Å². The Labute approximate surface area is 174 Å². The average molecular weight is 399 g/mol. The van der Waals surface area contributed by atoms with E-state index in [4.69, 9.17) is 17.0 Å². The molecule has 1 atom stereocenters. The van der Waals surface area contributed by atoms with E-state index in [1.165, 1.54) is 49.0 Å². The molecule has 28 heavy (non-hydrogen) atoms. The number of benzene rings is 2. The molecule has 5 heteroatoms. The Morgan fingerprint density at radius 3 is 2.46 bits per heavy atom. The van der Waals surface area contributed by atoms with Crippen LogP contribution in [-0.2, 0) is 0 Å². The molecule has 1 aliphatic heterocycles. The molecular formula is C23H32N3OS+. The molecule has 0 spiro atoms. The fourth-order valence-corrected chi connectivity index (χ4v) is 4.11. The van der Waals surface area contributed by atoms with Crippen molar-refractivity contribution in [3.8, 4) is 5.75 Å². The molecular weight excluding hydrogens is 366 g/mol. The molecule has 1 heterocycles. The molecule has 4 nitrogen and oxygen atoms in total. The lowest BCUT2D eigenvalue weighted by atomic mass is 10.0. The largest absolute Gasteiger partial charge is 0.497 e. The van der Waals surface area contributed by atoms with E-state index in [0.717, 1.165) is 18.0 Å². The first-order chi connectivity index (χ1) is 13.6. The summed E-state index contributed by atoms with van der Waals surface area (Å²) in [5, 5.41) is 7.52. The summed E-state index contributed by atoms with van der Waals surface area (Å²) >= 11 is 5.60. The summed E-state index contributed by atoms with van der Waals surface area (Å²) in [5.74, 6) is 0.899. The second kappa shape index (κ2) is 9.89. The molecule has 2 aromatic rings. The maximum atomic E-state index is 5.60. The fraction of sp³-hybridized carbons (Fsp3) is 0.435. The molecule has 150 valence electrons. The number of aryl methyl sites for hydroxylation is 2. The van der Waals surface area contributed by atoms with Gasteiger partial charge in [0.15, 0.2) is 5.11 Å². The van der Waals surface area contributed by atoms with Crippen molar-refractivity contribution in [2.45, 2.75) is 39.2 Å². The van der Waals surface area contributed by atoms with Crippen LogP contribution in [0.5, 0.6) is 5.75 Å². The average Bonchev–Trinajstić information content (AvgIpc) is 2.72. The van der Waals surface area contributed by atoms with E-state index in [1.54, 1.807) is 12.0 Å². The van der Waals surface area contributed by atoms with E-state index in [0.29, 0.717) is 11.2 Å². The minimum absolute atomic E-state index is 0.379. The Morgan fingerprint density at radius 2 is 1.79 bits per heavy atom. The molecule has 0 radical (unpaired) electrons. The van der Waals surface area contributed by atoms with Crippen LogP contribution in [0.4, 0.5) is 5.69 Å². The Balaban J connectivity index is 1.68. The number of anilines is 1. The number of nitrogens with one attached hydrogen (secondary N) is 3. The topological polar surface area (TPSA) is 37.7 Å². The van der Waals surface area contributed by atoms with E-state index >= 15 is 0 Å². The Kier molecular flexibility index (Phi) is 7.29. The third-order valence-corrected chi connectivity index (χ3v) is 5.86. The van der Waals surface area contributed by atoms with Crippen LogP contribution in [-0.4, -0.2) is 31.9 Å². The van der Waals surface area contributed by atoms with E-state index in [-0.39, 0.29) is 0 Å². The van der Waals surface area contributed by atoms with Gasteiger partial charge in [-0.15, -0.1) is 0 Å². The third-order valence-electron chi connectivity index (χ3n) is 5.61. The fourth-order valence-electron chi connectivity index (χ4n) is 3.92. The number of piperidine rings is 1. The van der Waals surface area contributed by atoms with Crippen LogP contribution in [0.25, 0.3) is 0 Å². The number of likely N-dealkylation sites (tertiary alicyclic amines) is 1. The summed E-state index contributed by atoms with van der Waals surface area (Å²) in [6.45, 7) is 7.45. The molecule has 0 unspecified atom stereocenters.